The highest BCUT2D eigenvalue weighted by molar-refractivity contribution is 5.97. The van der Waals surface area contributed by atoms with Crippen LogP contribution in [0.25, 0.3) is 0 Å². The van der Waals surface area contributed by atoms with Crippen LogP contribution >= 0.6 is 0 Å². The fraction of sp³-hybridized carbons (Fsp3) is 0.529. The lowest BCUT2D eigenvalue weighted by Crippen LogP contribution is -2.50. The highest BCUT2D eigenvalue weighted by Gasteiger charge is 2.27. The average Bonchev–Trinajstić information content (AvgIpc) is 2.46. The van der Waals surface area contributed by atoms with E-state index in [2.05, 4.69) is 5.32 Å². The molecule has 0 bridgehead atoms. The first-order chi connectivity index (χ1) is 10.4. The molecule has 2 N–H and O–H groups in total. The van der Waals surface area contributed by atoms with Gasteiger partial charge in [0.25, 0.3) is 5.91 Å². The molecule has 0 unspecified atom stereocenters. The third kappa shape index (κ3) is 3.78. The molecular weight excluding hydrogens is 280 g/mol. The minimum atomic E-state index is -0.180. The van der Waals surface area contributed by atoms with Crippen LogP contribution < -0.4 is 5.32 Å². The van der Waals surface area contributed by atoms with E-state index in [1.807, 2.05) is 26.8 Å². The number of likely N-dealkylation sites (tertiary alicyclic amines) is 1. The Balaban J connectivity index is 2.05. The predicted molar refractivity (Wildman–Crippen MR) is 84.8 cm³/mol. The van der Waals surface area contributed by atoms with Gasteiger partial charge in [-0.2, -0.15) is 0 Å². The number of nitrogens with one attached hydrogen (secondary N) is 1. The minimum absolute atomic E-state index is 0.0116. The lowest BCUT2D eigenvalue weighted by Gasteiger charge is -2.33. The van der Waals surface area contributed by atoms with Gasteiger partial charge in [-0.15, -0.1) is 0 Å². The number of phenolic OH excluding ortho intramolecular Hbond substituents is 1. The van der Waals surface area contributed by atoms with Gasteiger partial charge in [0.15, 0.2) is 0 Å². The molecule has 22 heavy (non-hydrogen) atoms. The van der Waals surface area contributed by atoms with Crippen molar-refractivity contribution < 1.29 is 14.7 Å². The van der Waals surface area contributed by atoms with E-state index in [0.29, 0.717) is 18.7 Å². The molecule has 120 valence electrons. The number of hydrogen-bond acceptors (Lipinski definition) is 3. The third-order valence-corrected chi connectivity index (χ3v) is 3.96. The van der Waals surface area contributed by atoms with Crippen molar-refractivity contribution in [1.29, 1.82) is 0 Å². The number of aryl methyl sites for hydroxylation is 1. The van der Waals surface area contributed by atoms with E-state index in [4.69, 9.17) is 0 Å². The van der Waals surface area contributed by atoms with E-state index >= 15 is 0 Å². The Hall–Kier alpha value is -2.04. The summed E-state index contributed by atoms with van der Waals surface area (Å²) in [4.78, 5) is 26.1. The second kappa shape index (κ2) is 6.81. The first kappa shape index (κ1) is 16.3. The van der Waals surface area contributed by atoms with E-state index < -0.39 is 0 Å². The molecule has 0 radical (unpaired) electrons. The van der Waals surface area contributed by atoms with Gasteiger partial charge in [-0.3, -0.25) is 9.59 Å². The SMILES string of the molecule is Cc1ccc(C(=O)N2CCC[C@H](NC(=O)C(C)C)C2)c(O)c1. The number of carbonyl (C=O) groups is 2. The van der Waals surface area contributed by atoms with E-state index in [9.17, 15) is 14.7 Å². The maximum atomic E-state index is 12.6. The summed E-state index contributed by atoms with van der Waals surface area (Å²) < 4.78 is 0. The number of amides is 2. The van der Waals surface area contributed by atoms with E-state index in [0.717, 1.165) is 18.4 Å². The summed E-state index contributed by atoms with van der Waals surface area (Å²) in [6, 6.07) is 5.05. The lowest BCUT2D eigenvalue weighted by atomic mass is 10.0. The highest BCUT2D eigenvalue weighted by atomic mass is 16.3. The summed E-state index contributed by atoms with van der Waals surface area (Å²) in [5.41, 5.74) is 1.23. The van der Waals surface area contributed by atoms with Crippen LogP contribution in [0.2, 0.25) is 0 Å². The van der Waals surface area contributed by atoms with Gasteiger partial charge in [-0.25, -0.2) is 0 Å². The van der Waals surface area contributed by atoms with Crippen molar-refractivity contribution in [2.75, 3.05) is 13.1 Å². The van der Waals surface area contributed by atoms with Gasteiger partial charge in [0.1, 0.15) is 5.75 Å². The smallest absolute Gasteiger partial charge is 0.257 e. The van der Waals surface area contributed by atoms with Crippen LogP contribution in [-0.4, -0.2) is 41.0 Å². The Labute approximate surface area is 131 Å². The van der Waals surface area contributed by atoms with Crippen LogP contribution in [0.1, 0.15) is 42.6 Å². The molecule has 1 aromatic rings. The molecule has 5 heteroatoms. The largest absolute Gasteiger partial charge is 0.507 e. The van der Waals surface area contributed by atoms with Crippen LogP contribution in [-0.2, 0) is 4.79 Å². The molecule has 1 atom stereocenters. The number of carbonyl (C=O) groups excluding carboxylic acids is 2. The Kier molecular flexibility index (Phi) is 5.06. The summed E-state index contributed by atoms with van der Waals surface area (Å²) in [5, 5.41) is 12.9. The van der Waals surface area contributed by atoms with Gasteiger partial charge in [-0.05, 0) is 37.5 Å². The zero-order chi connectivity index (χ0) is 16.3. The number of benzene rings is 1. The molecule has 0 aliphatic carbocycles. The second-order valence-corrected chi connectivity index (χ2v) is 6.27. The number of rotatable bonds is 3. The van der Waals surface area contributed by atoms with Crippen molar-refractivity contribution in [2.24, 2.45) is 5.92 Å². The van der Waals surface area contributed by atoms with Gasteiger partial charge in [0, 0.05) is 25.0 Å². The van der Waals surface area contributed by atoms with Crippen molar-refractivity contribution in [3.8, 4) is 5.75 Å². The van der Waals surface area contributed by atoms with Crippen molar-refractivity contribution in [3.05, 3.63) is 29.3 Å². The van der Waals surface area contributed by atoms with Crippen LogP contribution in [0.15, 0.2) is 18.2 Å². The van der Waals surface area contributed by atoms with E-state index in [1.165, 1.54) is 0 Å². The maximum Gasteiger partial charge on any atom is 0.257 e. The highest BCUT2D eigenvalue weighted by Crippen LogP contribution is 2.22. The number of hydrogen-bond donors (Lipinski definition) is 2. The first-order valence-electron chi connectivity index (χ1n) is 7.77. The summed E-state index contributed by atoms with van der Waals surface area (Å²) in [6.45, 7) is 6.72. The van der Waals surface area contributed by atoms with Gasteiger partial charge >= 0.3 is 0 Å². The average molecular weight is 304 g/mol. The first-order valence-corrected chi connectivity index (χ1v) is 7.77. The Morgan fingerprint density at radius 1 is 1.36 bits per heavy atom. The van der Waals surface area contributed by atoms with Crippen LogP contribution in [0.5, 0.6) is 5.75 Å². The Morgan fingerprint density at radius 3 is 2.73 bits per heavy atom. The van der Waals surface area contributed by atoms with E-state index in [1.54, 1.807) is 17.0 Å². The molecule has 0 saturated carbocycles. The summed E-state index contributed by atoms with van der Waals surface area (Å²) >= 11 is 0. The Bertz CT molecular complexity index is 569. The molecule has 0 aromatic heterocycles. The second-order valence-electron chi connectivity index (χ2n) is 6.27. The van der Waals surface area contributed by atoms with Crippen LogP contribution in [0.3, 0.4) is 0 Å². The van der Waals surface area contributed by atoms with E-state index in [-0.39, 0.29) is 29.5 Å². The molecule has 1 fully saturated rings. The number of piperidine rings is 1. The molecule has 1 aliphatic heterocycles. The van der Waals surface area contributed by atoms with Crippen molar-refractivity contribution in [1.82, 2.24) is 10.2 Å². The topological polar surface area (TPSA) is 69.6 Å². The van der Waals surface area contributed by atoms with Gasteiger partial charge in [0.05, 0.1) is 5.56 Å². The molecule has 1 aromatic carbocycles. The molecule has 0 spiro atoms. The van der Waals surface area contributed by atoms with Crippen LogP contribution in [0.4, 0.5) is 0 Å². The molecule has 1 heterocycles. The molecular formula is C17H24N2O3. The van der Waals surface area contributed by atoms with Crippen LogP contribution in [0, 0.1) is 12.8 Å². The van der Waals surface area contributed by atoms with Gasteiger partial charge in [-0.1, -0.05) is 19.9 Å². The normalized spacial score (nSPS) is 18.4. The maximum absolute atomic E-state index is 12.6. The standard InChI is InChI=1S/C17H24N2O3/c1-11(2)16(21)18-13-5-4-8-19(10-13)17(22)14-7-6-12(3)9-15(14)20/h6-7,9,11,13,20H,4-5,8,10H2,1-3H3,(H,18,21)/t13-/m0/s1. The van der Waals surface area contributed by atoms with Gasteiger partial charge in [0.2, 0.25) is 5.91 Å². The number of phenols is 1. The summed E-state index contributed by atoms with van der Waals surface area (Å²) in [5.74, 6) is -0.218. The molecule has 1 saturated heterocycles. The zero-order valence-corrected chi connectivity index (χ0v) is 13.4. The quantitative estimate of drug-likeness (QED) is 0.898. The van der Waals surface area contributed by atoms with Crippen molar-refractivity contribution >= 4 is 11.8 Å². The fourth-order valence-corrected chi connectivity index (χ4v) is 2.64. The third-order valence-electron chi connectivity index (χ3n) is 3.96. The Morgan fingerprint density at radius 2 is 2.09 bits per heavy atom. The number of aromatic hydroxyl groups is 1. The molecule has 2 amide bonds. The molecule has 1 aliphatic rings. The summed E-state index contributed by atoms with van der Waals surface area (Å²) in [7, 11) is 0. The summed E-state index contributed by atoms with van der Waals surface area (Å²) in [6.07, 6.45) is 1.73. The van der Waals surface area contributed by atoms with Crippen molar-refractivity contribution in [2.45, 2.75) is 39.7 Å². The minimum Gasteiger partial charge on any atom is -0.507 e. The monoisotopic (exact) mass is 304 g/mol. The molecule has 5 nitrogen and oxygen atoms in total. The number of nitrogens with zero attached hydrogens (tertiary/aromatic N) is 1. The van der Waals surface area contributed by atoms with Crippen molar-refractivity contribution in [3.63, 3.8) is 0 Å². The molecule has 2 rings (SSSR count). The lowest BCUT2D eigenvalue weighted by molar-refractivity contribution is -0.125. The predicted octanol–water partition coefficient (Wildman–Crippen LogP) is 2.08. The zero-order valence-electron chi connectivity index (χ0n) is 13.4. The van der Waals surface area contributed by atoms with Gasteiger partial charge < -0.3 is 15.3 Å². The fourth-order valence-electron chi connectivity index (χ4n) is 2.64.